The Morgan fingerprint density at radius 1 is 1.12 bits per heavy atom. The normalized spacial score (nSPS) is 10.5. The fourth-order valence-electron chi connectivity index (χ4n) is 1.67. The summed E-state index contributed by atoms with van der Waals surface area (Å²) in [5, 5.41) is 0. The Hall–Kier alpha value is -2.10. The van der Waals surface area contributed by atoms with Crippen LogP contribution in [-0.2, 0) is 6.54 Å². The van der Waals surface area contributed by atoms with Gasteiger partial charge >= 0.3 is 5.69 Å². The van der Waals surface area contributed by atoms with Gasteiger partial charge in [-0.1, -0.05) is 18.2 Å². The number of aryl methyl sites for hydroxylation is 2. The summed E-state index contributed by atoms with van der Waals surface area (Å²) in [5.74, 6) is 0. The van der Waals surface area contributed by atoms with Crippen molar-refractivity contribution in [3.63, 3.8) is 0 Å². The van der Waals surface area contributed by atoms with Gasteiger partial charge in [0.05, 0.1) is 6.54 Å². The molecule has 2 aromatic rings. The van der Waals surface area contributed by atoms with E-state index in [2.05, 4.69) is 4.98 Å². The number of H-pyrrole nitrogens is 1. The molecule has 1 aromatic heterocycles. The van der Waals surface area contributed by atoms with Gasteiger partial charge in [-0.05, 0) is 30.5 Å². The van der Waals surface area contributed by atoms with Crippen LogP contribution in [0.4, 0.5) is 0 Å². The molecule has 1 heterocycles. The van der Waals surface area contributed by atoms with Gasteiger partial charge in [0.15, 0.2) is 0 Å². The van der Waals surface area contributed by atoms with E-state index in [1.54, 1.807) is 0 Å². The molecule has 4 heteroatoms. The van der Waals surface area contributed by atoms with Crippen LogP contribution >= 0.6 is 0 Å². The van der Waals surface area contributed by atoms with E-state index in [1.807, 2.05) is 32.0 Å². The third kappa shape index (κ3) is 2.53. The summed E-state index contributed by atoms with van der Waals surface area (Å²) in [6.07, 6.45) is 1.51. The number of nitrogens with zero attached hydrogens (tertiary/aromatic N) is 1. The SMILES string of the molecule is Cc1ccc(Cn2ccc(=O)[nH]c2=O)cc1C. The summed E-state index contributed by atoms with van der Waals surface area (Å²) < 4.78 is 1.48. The monoisotopic (exact) mass is 230 g/mol. The number of nitrogens with one attached hydrogen (secondary N) is 1. The van der Waals surface area contributed by atoms with Crippen molar-refractivity contribution >= 4 is 0 Å². The van der Waals surface area contributed by atoms with Crippen molar-refractivity contribution in [1.29, 1.82) is 0 Å². The Morgan fingerprint density at radius 3 is 2.53 bits per heavy atom. The standard InChI is InChI=1S/C13H14N2O2/c1-9-3-4-11(7-10(9)2)8-15-6-5-12(16)14-13(15)17/h3-7H,8H2,1-2H3,(H,14,16,17). The molecule has 0 spiro atoms. The maximum absolute atomic E-state index is 11.5. The second-order valence-corrected chi connectivity index (χ2v) is 4.16. The predicted molar refractivity (Wildman–Crippen MR) is 66.3 cm³/mol. The van der Waals surface area contributed by atoms with Crippen LogP contribution in [-0.4, -0.2) is 9.55 Å². The molecule has 0 aliphatic rings. The molecule has 0 saturated heterocycles. The van der Waals surface area contributed by atoms with Gasteiger partial charge in [0, 0.05) is 12.3 Å². The van der Waals surface area contributed by atoms with E-state index >= 15 is 0 Å². The van der Waals surface area contributed by atoms with E-state index in [4.69, 9.17) is 0 Å². The van der Waals surface area contributed by atoms with Crippen molar-refractivity contribution in [2.75, 3.05) is 0 Å². The highest BCUT2D eigenvalue weighted by atomic mass is 16.2. The fraction of sp³-hybridized carbons (Fsp3) is 0.231. The Bertz CT molecular complexity index is 653. The second-order valence-electron chi connectivity index (χ2n) is 4.16. The van der Waals surface area contributed by atoms with Gasteiger partial charge in [-0.3, -0.25) is 14.3 Å². The maximum atomic E-state index is 11.5. The fourth-order valence-corrected chi connectivity index (χ4v) is 1.67. The summed E-state index contributed by atoms with van der Waals surface area (Å²) in [6, 6.07) is 7.41. The molecule has 2 rings (SSSR count). The quantitative estimate of drug-likeness (QED) is 0.842. The van der Waals surface area contributed by atoms with Crippen LogP contribution in [0.2, 0.25) is 0 Å². The van der Waals surface area contributed by atoms with Gasteiger partial charge in [0.2, 0.25) is 0 Å². The number of hydrogen-bond donors (Lipinski definition) is 1. The molecule has 0 fully saturated rings. The van der Waals surface area contributed by atoms with Gasteiger partial charge in [-0.15, -0.1) is 0 Å². The third-order valence-electron chi connectivity index (χ3n) is 2.82. The van der Waals surface area contributed by atoms with Crippen LogP contribution in [0.1, 0.15) is 16.7 Å². The Morgan fingerprint density at radius 2 is 1.88 bits per heavy atom. The molecule has 17 heavy (non-hydrogen) atoms. The van der Waals surface area contributed by atoms with Crippen LogP contribution in [0, 0.1) is 13.8 Å². The maximum Gasteiger partial charge on any atom is 0.328 e. The van der Waals surface area contributed by atoms with Gasteiger partial charge in [-0.25, -0.2) is 4.79 Å². The Balaban J connectivity index is 2.35. The molecule has 0 radical (unpaired) electrons. The first-order valence-electron chi connectivity index (χ1n) is 5.42. The molecule has 0 aliphatic heterocycles. The van der Waals surface area contributed by atoms with Crippen molar-refractivity contribution < 1.29 is 0 Å². The van der Waals surface area contributed by atoms with Gasteiger partial charge in [0.1, 0.15) is 0 Å². The zero-order valence-electron chi connectivity index (χ0n) is 9.86. The lowest BCUT2D eigenvalue weighted by molar-refractivity contribution is 0.720. The van der Waals surface area contributed by atoms with E-state index in [0.717, 1.165) is 5.56 Å². The second kappa shape index (κ2) is 4.41. The van der Waals surface area contributed by atoms with E-state index in [0.29, 0.717) is 6.54 Å². The zero-order chi connectivity index (χ0) is 12.4. The predicted octanol–water partition coefficient (Wildman–Crippen LogP) is 1.20. The molecule has 1 aromatic carbocycles. The van der Waals surface area contributed by atoms with Gasteiger partial charge in [0.25, 0.3) is 5.56 Å². The van der Waals surface area contributed by atoms with Crippen molar-refractivity contribution in [3.05, 3.63) is 68.0 Å². The van der Waals surface area contributed by atoms with Crippen LogP contribution in [0.25, 0.3) is 0 Å². The Kier molecular flexibility index (Phi) is 2.95. The molecular formula is C13H14N2O2. The molecule has 0 aliphatic carbocycles. The number of aromatic amines is 1. The van der Waals surface area contributed by atoms with E-state index in [1.165, 1.54) is 28.0 Å². The summed E-state index contributed by atoms with van der Waals surface area (Å²) >= 11 is 0. The summed E-state index contributed by atoms with van der Waals surface area (Å²) in [6.45, 7) is 4.55. The van der Waals surface area contributed by atoms with Crippen molar-refractivity contribution in [2.24, 2.45) is 0 Å². The number of hydrogen-bond acceptors (Lipinski definition) is 2. The first kappa shape index (κ1) is 11.4. The van der Waals surface area contributed by atoms with Gasteiger partial charge in [-0.2, -0.15) is 0 Å². The summed E-state index contributed by atoms with van der Waals surface area (Å²) in [4.78, 5) is 24.7. The molecule has 0 amide bonds. The lowest BCUT2D eigenvalue weighted by Gasteiger charge is -2.07. The van der Waals surface area contributed by atoms with Crippen molar-refractivity contribution in [1.82, 2.24) is 9.55 Å². The molecule has 4 nitrogen and oxygen atoms in total. The van der Waals surface area contributed by atoms with Gasteiger partial charge < -0.3 is 0 Å². The molecule has 1 N–H and O–H groups in total. The molecule has 0 saturated carbocycles. The highest BCUT2D eigenvalue weighted by Gasteiger charge is 2.00. The lowest BCUT2D eigenvalue weighted by Crippen LogP contribution is -2.28. The minimum atomic E-state index is -0.379. The molecule has 88 valence electrons. The first-order chi connectivity index (χ1) is 8.06. The largest absolute Gasteiger partial charge is 0.328 e. The van der Waals surface area contributed by atoms with E-state index in [9.17, 15) is 9.59 Å². The van der Waals surface area contributed by atoms with Crippen LogP contribution in [0.3, 0.4) is 0 Å². The number of aromatic nitrogens is 2. The van der Waals surface area contributed by atoms with Crippen LogP contribution in [0.5, 0.6) is 0 Å². The average Bonchev–Trinajstić information content (AvgIpc) is 2.27. The zero-order valence-corrected chi connectivity index (χ0v) is 9.86. The number of rotatable bonds is 2. The van der Waals surface area contributed by atoms with Crippen molar-refractivity contribution in [2.45, 2.75) is 20.4 Å². The lowest BCUT2D eigenvalue weighted by atomic mass is 10.1. The highest BCUT2D eigenvalue weighted by Crippen LogP contribution is 2.10. The highest BCUT2D eigenvalue weighted by molar-refractivity contribution is 5.30. The molecule has 0 bridgehead atoms. The third-order valence-corrected chi connectivity index (χ3v) is 2.82. The minimum Gasteiger partial charge on any atom is -0.296 e. The minimum absolute atomic E-state index is 0.369. The first-order valence-corrected chi connectivity index (χ1v) is 5.42. The van der Waals surface area contributed by atoms with Crippen molar-refractivity contribution in [3.8, 4) is 0 Å². The molecular weight excluding hydrogens is 216 g/mol. The smallest absolute Gasteiger partial charge is 0.296 e. The number of benzene rings is 1. The topological polar surface area (TPSA) is 54.9 Å². The van der Waals surface area contributed by atoms with E-state index in [-0.39, 0.29) is 11.2 Å². The van der Waals surface area contributed by atoms with Crippen LogP contribution < -0.4 is 11.2 Å². The average molecular weight is 230 g/mol. The molecule has 0 atom stereocenters. The summed E-state index contributed by atoms with van der Waals surface area (Å²) in [5.41, 5.74) is 2.71. The summed E-state index contributed by atoms with van der Waals surface area (Å²) in [7, 11) is 0. The van der Waals surface area contributed by atoms with Crippen LogP contribution in [0.15, 0.2) is 40.1 Å². The Labute approximate surface area is 98.6 Å². The van der Waals surface area contributed by atoms with E-state index < -0.39 is 0 Å². The molecule has 0 unspecified atom stereocenters.